The van der Waals surface area contributed by atoms with Gasteiger partial charge < -0.3 is 14.2 Å². The van der Waals surface area contributed by atoms with Gasteiger partial charge in [-0.05, 0) is 89.9 Å². The van der Waals surface area contributed by atoms with Gasteiger partial charge in [-0.3, -0.25) is 14.4 Å². The van der Waals surface area contributed by atoms with Crippen LogP contribution < -0.4 is 0 Å². The maximum Gasteiger partial charge on any atom is 0.306 e. The summed E-state index contributed by atoms with van der Waals surface area (Å²) in [5.74, 6) is -0.906. The van der Waals surface area contributed by atoms with Crippen LogP contribution in [-0.4, -0.2) is 37.2 Å². The molecule has 0 heterocycles. The number of esters is 3. The molecule has 6 heteroatoms. The summed E-state index contributed by atoms with van der Waals surface area (Å²) in [6.07, 6.45) is 64.6. The zero-order valence-electron chi connectivity index (χ0n) is 41.3. The summed E-state index contributed by atoms with van der Waals surface area (Å²) >= 11 is 0. The van der Waals surface area contributed by atoms with Crippen molar-refractivity contribution in [1.29, 1.82) is 0 Å². The minimum atomic E-state index is -0.783. The van der Waals surface area contributed by atoms with E-state index in [1.807, 2.05) is 0 Å². The topological polar surface area (TPSA) is 78.9 Å². The highest BCUT2D eigenvalue weighted by molar-refractivity contribution is 5.71. The highest BCUT2D eigenvalue weighted by Gasteiger charge is 2.19. The maximum absolute atomic E-state index is 12.8. The highest BCUT2D eigenvalue weighted by Crippen LogP contribution is 2.14. The molecule has 0 saturated heterocycles. The predicted molar refractivity (Wildman–Crippen MR) is 270 cm³/mol. The van der Waals surface area contributed by atoms with Gasteiger partial charge in [0.25, 0.3) is 0 Å². The third-order valence-electron chi connectivity index (χ3n) is 11.2. The van der Waals surface area contributed by atoms with Gasteiger partial charge >= 0.3 is 17.9 Å². The molecule has 0 aromatic carbocycles. The fraction of sp³-hybridized carbons (Fsp3) is 0.737. The van der Waals surface area contributed by atoms with Crippen molar-refractivity contribution in [2.45, 2.75) is 258 Å². The SMILES string of the molecule is CC/C=C\C/C=C\C/C=C\C/C=C\CCCCCCCCC(=O)OCC(COC(=O)CCCCCCCCCC)OC(=O)CCCCCCCCC/C=C\C/C=C\CCCCCC. The molecule has 1 atom stereocenters. The second-order valence-electron chi connectivity index (χ2n) is 17.4. The molecule has 1 unspecified atom stereocenters. The summed E-state index contributed by atoms with van der Waals surface area (Å²) in [7, 11) is 0. The fourth-order valence-electron chi connectivity index (χ4n) is 7.23. The molecule has 0 saturated carbocycles. The van der Waals surface area contributed by atoms with Crippen LogP contribution in [-0.2, 0) is 28.6 Å². The Balaban J connectivity index is 4.32. The van der Waals surface area contributed by atoms with Crippen LogP contribution in [0.25, 0.3) is 0 Å². The smallest absolute Gasteiger partial charge is 0.306 e. The van der Waals surface area contributed by atoms with E-state index in [-0.39, 0.29) is 31.1 Å². The van der Waals surface area contributed by atoms with Crippen molar-refractivity contribution < 1.29 is 28.6 Å². The first kappa shape index (κ1) is 59.9. The Morgan fingerprint density at radius 3 is 0.984 bits per heavy atom. The first-order valence-corrected chi connectivity index (χ1v) is 26.4. The lowest BCUT2D eigenvalue weighted by Crippen LogP contribution is -2.30. The second-order valence-corrected chi connectivity index (χ2v) is 17.4. The molecule has 362 valence electrons. The van der Waals surface area contributed by atoms with Crippen molar-refractivity contribution >= 4 is 17.9 Å². The summed E-state index contributed by atoms with van der Waals surface area (Å²) in [5, 5.41) is 0. The normalized spacial score (nSPS) is 12.6. The lowest BCUT2D eigenvalue weighted by Gasteiger charge is -2.18. The minimum Gasteiger partial charge on any atom is -0.462 e. The summed E-state index contributed by atoms with van der Waals surface area (Å²) in [6, 6.07) is 0. The number of carbonyl (C=O) groups is 3. The first-order chi connectivity index (χ1) is 31.0. The van der Waals surface area contributed by atoms with Gasteiger partial charge in [0.1, 0.15) is 13.2 Å². The van der Waals surface area contributed by atoms with E-state index >= 15 is 0 Å². The van der Waals surface area contributed by atoms with E-state index < -0.39 is 6.10 Å². The third-order valence-corrected chi connectivity index (χ3v) is 11.2. The van der Waals surface area contributed by atoms with E-state index in [2.05, 4.69) is 93.7 Å². The van der Waals surface area contributed by atoms with E-state index in [1.54, 1.807) is 0 Å². The Bertz CT molecular complexity index is 1190. The zero-order chi connectivity index (χ0) is 45.8. The standard InChI is InChI=1S/C57H98O6/c1-4-7-10-13-16-19-21-23-25-27-29-31-32-34-36-38-41-44-47-50-56(59)62-53-54(52-61-55(58)49-46-43-40-18-15-12-9-6-3)63-57(60)51-48-45-42-39-37-35-33-30-28-26-24-22-20-17-14-11-8-5-2/h7,10,16,19-20,22-23,25-26,28-29,31,54H,4-6,8-9,11-15,17-18,21,24,27,30,32-53H2,1-3H3/b10-7-,19-16-,22-20-,25-23-,28-26-,31-29-. The molecular weight excluding hydrogens is 781 g/mol. The Morgan fingerprint density at radius 2 is 0.619 bits per heavy atom. The van der Waals surface area contributed by atoms with Gasteiger partial charge in [-0.15, -0.1) is 0 Å². The Hall–Kier alpha value is -3.15. The lowest BCUT2D eigenvalue weighted by atomic mass is 10.1. The van der Waals surface area contributed by atoms with Gasteiger partial charge in [-0.25, -0.2) is 0 Å². The van der Waals surface area contributed by atoms with Crippen LogP contribution in [0.3, 0.4) is 0 Å². The molecule has 0 aliphatic rings. The van der Waals surface area contributed by atoms with E-state index in [0.717, 1.165) is 103 Å². The van der Waals surface area contributed by atoms with Gasteiger partial charge in [0, 0.05) is 19.3 Å². The number of ether oxygens (including phenoxy) is 3. The van der Waals surface area contributed by atoms with Gasteiger partial charge in [0.2, 0.25) is 0 Å². The van der Waals surface area contributed by atoms with E-state index in [4.69, 9.17) is 14.2 Å². The molecule has 0 aromatic rings. The van der Waals surface area contributed by atoms with E-state index in [0.29, 0.717) is 19.3 Å². The maximum atomic E-state index is 12.8. The van der Waals surface area contributed by atoms with Crippen LogP contribution in [0, 0.1) is 0 Å². The van der Waals surface area contributed by atoms with Crippen LogP contribution in [0.5, 0.6) is 0 Å². The van der Waals surface area contributed by atoms with Crippen LogP contribution in [0.4, 0.5) is 0 Å². The number of allylic oxidation sites excluding steroid dienone is 12. The van der Waals surface area contributed by atoms with Gasteiger partial charge in [-0.1, -0.05) is 216 Å². The predicted octanol–water partition coefficient (Wildman–Crippen LogP) is 17.4. The molecular formula is C57H98O6. The van der Waals surface area contributed by atoms with Crippen molar-refractivity contribution in [3.63, 3.8) is 0 Å². The molecule has 0 bridgehead atoms. The van der Waals surface area contributed by atoms with Crippen LogP contribution in [0.15, 0.2) is 72.9 Å². The molecule has 6 nitrogen and oxygen atoms in total. The molecule has 0 N–H and O–H groups in total. The van der Waals surface area contributed by atoms with E-state index in [1.165, 1.54) is 109 Å². The first-order valence-electron chi connectivity index (χ1n) is 26.4. The number of rotatable bonds is 47. The molecule has 0 spiro atoms. The molecule has 0 rings (SSSR count). The Morgan fingerprint density at radius 1 is 0.333 bits per heavy atom. The number of carbonyl (C=O) groups excluding carboxylic acids is 3. The molecule has 0 aliphatic carbocycles. The molecule has 0 fully saturated rings. The highest BCUT2D eigenvalue weighted by atomic mass is 16.6. The molecule has 0 amide bonds. The fourth-order valence-corrected chi connectivity index (χ4v) is 7.23. The van der Waals surface area contributed by atoms with Crippen molar-refractivity contribution in [1.82, 2.24) is 0 Å². The Kier molecular flexibility index (Phi) is 48.9. The summed E-state index contributed by atoms with van der Waals surface area (Å²) in [5.41, 5.74) is 0. The van der Waals surface area contributed by atoms with E-state index in [9.17, 15) is 14.4 Å². The Labute approximate surface area is 389 Å². The largest absolute Gasteiger partial charge is 0.462 e. The molecule has 63 heavy (non-hydrogen) atoms. The number of hydrogen-bond donors (Lipinski definition) is 0. The van der Waals surface area contributed by atoms with Gasteiger partial charge in [0.05, 0.1) is 0 Å². The summed E-state index contributed by atoms with van der Waals surface area (Å²) in [4.78, 5) is 37.9. The average molecular weight is 879 g/mol. The van der Waals surface area contributed by atoms with Crippen LogP contribution >= 0.6 is 0 Å². The van der Waals surface area contributed by atoms with Gasteiger partial charge in [0.15, 0.2) is 6.10 Å². The van der Waals surface area contributed by atoms with Crippen molar-refractivity contribution in [3.05, 3.63) is 72.9 Å². The molecule has 0 aliphatic heterocycles. The number of hydrogen-bond acceptors (Lipinski definition) is 6. The van der Waals surface area contributed by atoms with Gasteiger partial charge in [-0.2, -0.15) is 0 Å². The lowest BCUT2D eigenvalue weighted by molar-refractivity contribution is -0.167. The number of unbranched alkanes of at least 4 members (excludes halogenated alkanes) is 24. The van der Waals surface area contributed by atoms with Crippen LogP contribution in [0.1, 0.15) is 252 Å². The monoisotopic (exact) mass is 879 g/mol. The second kappa shape index (κ2) is 51.5. The van der Waals surface area contributed by atoms with Crippen molar-refractivity contribution in [2.24, 2.45) is 0 Å². The van der Waals surface area contributed by atoms with Crippen molar-refractivity contribution in [2.75, 3.05) is 13.2 Å². The third kappa shape index (κ3) is 49.7. The minimum absolute atomic E-state index is 0.0825. The van der Waals surface area contributed by atoms with Crippen LogP contribution in [0.2, 0.25) is 0 Å². The quantitative estimate of drug-likeness (QED) is 0.0262. The molecule has 0 aromatic heterocycles. The molecule has 0 radical (unpaired) electrons. The van der Waals surface area contributed by atoms with Crippen molar-refractivity contribution in [3.8, 4) is 0 Å². The zero-order valence-corrected chi connectivity index (χ0v) is 41.3. The summed E-state index contributed by atoms with van der Waals surface area (Å²) < 4.78 is 16.8. The summed E-state index contributed by atoms with van der Waals surface area (Å²) in [6.45, 7) is 6.47. The average Bonchev–Trinajstić information content (AvgIpc) is 3.28.